The molecular weight excluding hydrogens is 432 g/mol. The highest BCUT2D eigenvalue weighted by Crippen LogP contribution is 2.77. The summed E-state index contributed by atoms with van der Waals surface area (Å²) < 4.78 is 5.78. The molecule has 0 unspecified atom stereocenters. The van der Waals surface area contributed by atoms with E-state index in [1.54, 1.807) is 6.92 Å². The molecule has 0 spiro atoms. The third-order valence-corrected chi connectivity index (χ3v) is 13.5. The summed E-state index contributed by atoms with van der Waals surface area (Å²) in [7, 11) is 0. The maximum absolute atomic E-state index is 13.0. The first-order valence-corrected chi connectivity index (χ1v) is 14.5. The smallest absolute Gasteiger partial charge is 0.302 e. The summed E-state index contributed by atoms with van der Waals surface area (Å²) in [6.07, 6.45) is 11.6. The molecule has 0 bridgehead atoms. The van der Waals surface area contributed by atoms with Crippen molar-refractivity contribution in [2.45, 2.75) is 113 Å². The Morgan fingerprint density at radius 3 is 2.26 bits per heavy atom. The molecule has 0 radical (unpaired) electrons. The number of esters is 1. The number of carbonyl (C=O) groups excluding carboxylic acids is 2. The van der Waals surface area contributed by atoms with Gasteiger partial charge in [0.1, 0.15) is 5.78 Å². The van der Waals surface area contributed by atoms with Gasteiger partial charge in [-0.25, -0.2) is 0 Å². The zero-order chi connectivity index (χ0) is 25.6. The third kappa shape index (κ3) is 3.27. The fraction of sp³-hybridized carbons (Fsp3) is 0.875. The third-order valence-electron chi connectivity index (χ3n) is 13.5. The second-order valence-electron chi connectivity index (χ2n) is 15.0. The maximum Gasteiger partial charge on any atom is 0.302 e. The number of ether oxygens (including phenoxy) is 1. The molecule has 5 fully saturated rings. The Morgan fingerprint density at radius 2 is 1.60 bits per heavy atom. The highest BCUT2D eigenvalue weighted by atomic mass is 16.5. The van der Waals surface area contributed by atoms with Crippen molar-refractivity contribution in [2.24, 2.45) is 56.7 Å². The van der Waals surface area contributed by atoms with Gasteiger partial charge in [0, 0.05) is 24.2 Å². The SMILES string of the molecule is C=C(C)[C@@H]1CC[C@]2(COC(C)=O)CC[C@]3(C)[C@H](CC[C@@H]4[C@@]5(C)CCC(=O)C(C)(C)[C@@H]5CC[C@]43C)[C@@H]12. The summed E-state index contributed by atoms with van der Waals surface area (Å²) in [6, 6.07) is 0. The van der Waals surface area contributed by atoms with Crippen LogP contribution in [0.1, 0.15) is 113 Å². The molecular formula is C32H50O3. The number of fused-ring (bicyclic) bond motifs is 7. The molecule has 196 valence electrons. The lowest BCUT2D eigenvalue weighted by Crippen LogP contribution is -2.66. The van der Waals surface area contributed by atoms with E-state index < -0.39 is 0 Å². The van der Waals surface area contributed by atoms with Crippen molar-refractivity contribution in [3.8, 4) is 0 Å². The fourth-order valence-corrected chi connectivity index (χ4v) is 11.6. The Bertz CT molecular complexity index is 933. The van der Waals surface area contributed by atoms with Gasteiger partial charge < -0.3 is 4.74 Å². The predicted molar refractivity (Wildman–Crippen MR) is 141 cm³/mol. The van der Waals surface area contributed by atoms with Crippen LogP contribution in [0.25, 0.3) is 0 Å². The molecule has 0 heterocycles. The summed E-state index contributed by atoms with van der Waals surface area (Å²) in [5, 5.41) is 0. The number of hydrogen-bond donors (Lipinski definition) is 0. The van der Waals surface area contributed by atoms with E-state index in [4.69, 9.17) is 4.74 Å². The molecule has 3 heteroatoms. The number of allylic oxidation sites excluding steroid dienone is 1. The van der Waals surface area contributed by atoms with Crippen molar-refractivity contribution < 1.29 is 14.3 Å². The van der Waals surface area contributed by atoms with Crippen LogP contribution in [0.4, 0.5) is 0 Å². The number of Topliss-reactive ketones (excluding diaryl/α,β-unsaturated/α-hetero) is 1. The molecule has 0 aromatic heterocycles. The van der Waals surface area contributed by atoms with E-state index in [0.717, 1.165) is 12.8 Å². The molecule has 3 nitrogen and oxygen atoms in total. The van der Waals surface area contributed by atoms with Crippen LogP contribution in [-0.2, 0) is 14.3 Å². The molecule has 5 aliphatic rings. The standard InChI is InChI=1S/C32H50O3/c1-20(2)22-11-16-32(19-35-21(3)33)18-17-30(7)23(27(22)32)9-10-25-29(6)14-13-26(34)28(4,5)24(29)12-15-31(25,30)8/h22-25,27H,1,9-19H2,2-8H3/t22-,23+,24-,25+,27+,29-,30+,31+,32+/m0/s1. The molecule has 5 aliphatic carbocycles. The van der Waals surface area contributed by atoms with Crippen molar-refractivity contribution >= 4 is 11.8 Å². The minimum atomic E-state index is -0.186. The molecule has 0 aromatic rings. The second-order valence-corrected chi connectivity index (χ2v) is 15.0. The summed E-state index contributed by atoms with van der Waals surface area (Å²) >= 11 is 0. The average molecular weight is 483 g/mol. The lowest BCUT2D eigenvalue weighted by Gasteiger charge is -2.72. The van der Waals surface area contributed by atoms with E-state index in [9.17, 15) is 9.59 Å². The van der Waals surface area contributed by atoms with Crippen molar-refractivity contribution in [2.75, 3.05) is 6.61 Å². The van der Waals surface area contributed by atoms with Gasteiger partial charge in [-0.15, -0.1) is 0 Å². The largest absolute Gasteiger partial charge is 0.465 e. The van der Waals surface area contributed by atoms with Gasteiger partial charge in [0.05, 0.1) is 6.61 Å². The van der Waals surface area contributed by atoms with E-state index in [2.05, 4.69) is 48.1 Å². The average Bonchev–Trinajstić information content (AvgIpc) is 3.16. The van der Waals surface area contributed by atoms with Crippen LogP contribution in [0.3, 0.4) is 0 Å². The second kappa shape index (κ2) is 7.94. The van der Waals surface area contributed by atoms with Crippen LogP contribution in [0.2, 0.25) is 0 Å². The highest BCUT2D eigenvalue weighted by Gasteiger charge is 2.71. The predicted octanol–water partition coefficient (Wildman–Crippen LogP) is 7.78. The Balaban J connectivity index is 1.53. The van der Waals surface area contributed by atoms with Gasteiger partial charge in [-0.3, -0.25) is 9.59 Å². The topological polar surface area (TPSA) is 43.4 Å². The van der Waals surface area contributed by atoms with Gasteiger partial charge in [0.2, 0.25) is 0 Å². The van der Waals surface area contributed by atoms with E-state index >= 15 is 0 Å². The van der Waals surface area contributed by atoms with Gasteiger partial charge in [-0.1, -0.05) is 46.8 Å². The van der Waals surface area contributed by atoms with Gasteiger partial charge in [0.25, 0.3) is 0 Å². The molecule has 0 aromatic carbocycles. The first-order chi connectivity index (χ1) is 16.2. The van der Waals surface area contributed by atoms with Crippen molar-refractivity contribution in [3.05, 3.63) is 12.2 Å². The Kier molecular flexibility index (Phi) is 5.79. The Labute approximate surface area is 214 Å². The van der Waals surface area contributed by atoms with Gasteiger partial charge >= 0.3 is 5.97 Å². The summed E-state index contributed by atoms with van der Waals surface area (Å²) in [5.74, 6) is 3.34. The zero-order valence-electron chi connectivity index (χ0n) is 23.6. The van der Waals surface area contributed by atoms with E-state index in [0.29, 0.717) is 47.4 Å². The first kappa shape index (κ1) is 25.5. The zero-order valence-corrected chi connectivity index (χ0v) is 23.6. The fourth-order valence-electron chi connectivity index (χ4n) is 11.6. The Hall–Kier alpha value is -1.12. The molecule has 0 aliphatic heterocycles. The van der Waals surface area contributed by atoms with Gasteiger partial charge in [0.15, 0.2) is 0 Å². The van der Waals surface area contributed by atoms with Crippen molar-refractivity contribution in [3.63, 3.8) is 0 Å². The molecule has 5 rings (SSSR count). The van der Waals surface area contributed by atoms with Crippen LogP contribution in [0, 0.1) is 56.7 Å². The molecule has 35 heavy (non-hydrogen) atoms. The first-order valence-electron chi connectivity index (χ1n) is 14.5. The Morgan fingerprint density at radius 1 is 0.886 bits per heavy atom. The van der Waals surface area contributed by atoms with Crippen molar-refractivity contribution in [1.82, 2.24) is 0 Å². The molecule has 0 saturated heterocycles. The molecule has 9 atom stereocenters. The molecule has 0 amide bonds. The van der Waals surface area contributed by atoms with E-state index in [1.165, 1.54) is 56.9 Å². The van der Waals surface area contributed by atoms with Crippen molar-refractivity contribution in [1.29, 1.82) is 0 Å². The molecule has 5 saturated carbocycles. The van der Waals surface area contributed by atoms with Crippen LogP contribution in [-0.4, -0.2) is 18.4 Å². The van der Waals surface area contributed by atoms with Crippen LogP contribution in [0.15, 0.2) is 12.2 Å². The summed E-state index contributed by atoms with van der Waals surface area (Å²) in [4.78, 5) is 24.8. The minimum absolute atomic E-state index is 0.128. The van der Waals surface area contributed by atoms with Gasteiger partial charge in [-0.05, 0) is 111 Å². The summed E-state index contributed by atoms with van der Waals surface area (Å²) in [6.45, 7) is 21.2. The van der Waals surface area contributed by atoms with Gasteiger partial charge in [-0.2, -0.15) is 0 Å². The normalized spacial score (nSPS) is 50.4. The summed E-state index contributed by atoms with van der Waals surface area (Å²) in [5.41, 5.74) is 2.12. The van der Waals surface area contributed by atoms with E-state index in [-0.39, 0.29) is 27.6 Å². The van der Waals surface area contributed by atoms with Crippen LogP contribution >= 0.6 is 0 Å². The monoisotopic (exact) mass is 482 g/mol. The van der Waals surface area contributed by atoms with Crippen LogP contribution in [0.5, 0.6) is 0 Å². The number of rotatable bonds is 3. The minimum Gasteiger partial charge on any atom is -0.465 e. The molecule has 0 N–H and O–H groups in total. The maximum atomic E-state index is 13.0. The number of hydrogen-bond acceptors (Lipinski definition) is 3. The quantitative estimate of drug-likeness (QED) is 0.305. The van der Waals surface area contributed by atoms with E-state index in [1.807, 2.05) is 0 Å². The number of carbonyl (C=O) groups is 2. The number of ketones is 1. The lowest BCUT2D eigenvalue weighted by molar-refractivity contribution is -0.237. The van der Waals surface area contributed by atoms with Crippen LogP contribution < -0.4 is 0 Å². The lowest BCUT2D eigenvalue weighted by atomic mass is 9.32. The highest BCUT2D eigenvalue weighted by molar-refractivity contribution is 5.85.